The van der Waals surface area contributed by atoms with Crippen molar-refractivity contribution in [3.8, 4) is 16.9 Å². The largest absolute Gasteiger partial charge is 0.497 e. The van der Waals surface area contributed by atoms with Crippen LogP contribution in [-0.4, -0.2) is 70.8 Å². The number of H-pyrrole nitrogens is 1. The number of fused-ring (bicyclic) bond motifs is 1. The summed E-state index contributed by atoms with van der Waals surface area (Å²) in [5.41, 5.74) is 5.43. The van der Waals surface area contributed by atoms with Crippen molar-refractivity contribution in [1.82, 2.24) is 29.1 Å². The molecule has 1 fully saturated rings. The summed E-state index contributed by atoms with van der Waals surface area (Å²) in [5.74, 6) is 1.62. The summed E-state index contributed by atoms with van der Waals surface area (Å²) in [6.07, 6.45) is 4.93. The molecule has 1 saturated heterocycles. The monoisotopic (exact) mass is 568 g/mol. The fourth-order valence-corrected chi connectivity index (χ4v) is 6.55. The Hall–Kier alpha value is -4.12. The molecule has 210 valence electrons. The van der Waals surface area contributed by atoms with Gasteiger partial charge in [-0.2, -0.15) is 4.31 Å². The lowest BCUT2D eigenvalue weighted by Crippen LogP contribution is -2.48. The molecule has 0 bridgehead atoms. The Morgan fingerprint density at radius 2 is 1.66 bits per heavy atom. The molecule has 0 saturated carbocycles. The van der Waals surface area contributed by atoms with Crippen LogP contribution in [0, 0.1) is 0 Å². The van der Waals surface area contributed by atoms with Crippen LogP contribution in [0.2, 0.25) is 0 Å². The number of hydrogen-bond donors (Lipinski definition) is 1. The molecule has 41 heavy (non-hydrogen) atoms. The van der Waals surface area contributed by atoms with Gasteiger partial charge in [0.15, 0.2) is 5.65 Å². The second kappa shape index (κ2) is 11.8. The van der Waals surface area contributed by atoms with Crippen molar-refractivity contribution in [3.63, 3.8) is 0 Å². The number of benzene rings is 2. The van der Waals surface area contributed by atoms with Crippen LogP contribution < -0.4 is 4.74 Å². The van der Waals surface area contributed by atoms with Crippen LogP contribution in [0.25, 0.3) is 22.3 Å². The fourth-order valence-electron chi connectivity index (χ4n) is 5.13. The van der Waals surface area contributed by atoms with E-state index in [1.165, 1.54) is 5.56 Å². The Labute approximate surface area is 239 Å². The van der Waals surface area contributed by atoms with Gasteiger partial charge in [-0.3, -0.25) is 9.88 Å². The lowest BCUT2D eigenvalue weighted by molar-refractivity contribution is 0.181. The van der Waals surface area contributed by atoms with Gasteiger partial charge in [-0.1, -0.05) is 42.5 Å². The van der Waals surface area contributed by atoms with Gasteiger partial charge in [0, 0.05) is 68.9 Å². The molecule has 0 radical (unpaired) electrons. The molecule has 0 spiro atoms. The molecule has 2 aromatic carbocycles. The van der Waals surface area contributed by atoms with E-state index in [1.54, 1.807) is 35.9 Å². The summed E-state index contributed by atoms with van der Waals surface area (Å²) >= 11 is 0. The van der Waals surface area contributed by atoms with Gasteiger partial charge < -0.3 is 9.72 Å². The van der Waals surface area contributed by atoms with Crippen LogP contribution in [-0.2, 0) is 29.4 Å². The molecule has 0 unspecified atom stereocenters. The van der Waals surface area contributed by atoms with Crippen LogP contribution in [0.4, 0.5) is 0 Å². The zero-order chi connectivity index (χ0) is 28.2. The maximum Gasteiger partial charge on any atom is 0.243 e. The normalized spacial score (nSPS) is 14.9. The van der Waals surface area contributed by atoms with E-state index in [0.717, 1.165) is 46.9 Å². The van der Waals surface area contributed by atoms with Gasteiger partial charge in [0.2, 0.25) is 10.0 Å². The van der Waals surface area contributed by atoms with Gasteiger partial charge in [0.25, 0.3) is 0 Å². The van der Waals surface area contributed by atoms with Crippen LogP contribution in [0.5, 0.6) is 5.75 Å². The molecule has 10 heteroatoms. The number of nitrogens with one attached hydrogen (secondary N) is 1. The highest BCUT2D eigenvalue weighted by atomic mass is 32.2. The van der Waals surface area contributed by atoms with E-state index < -0.39 is 10.0 Å². The molecule has 1 aliphatic heterocycles. The molecule has 9 nitrogen and oxygen atoms in total. The zero-order valence-corrected chi connectivity index (χ0v) is 23.7. The highest BCUT2D eigenvalue weighted by Crippen LogP contribution is 2.25. The minimum absolute atomic E-state index is 0.307. The number of sulfonamides is 1. The van der Waals surface area contributed by atoms with Crippen molar-refractivity contribution in [2.24, 2.45) is 0 Å². The molecule has 0 atom stereocenters. The first kappa shape index (κ1) is 27.1. The Bertz CT molecular complexity index is 1730. The number of rotatable bonds is 9. The molecule has 6 rings (SSSR count). The highest BCUT2D eigenvalue weighted by Gasteiger charge is 2.28. The van der Waals surface area contributed by atoms with Crippen molar-refractivity contribution in [2.75, 3.05) is 33.3 Å². The van der Waals surface area contributed by atoms with E-state index in [4.69, 9.17) is 4.74 Å². The third kappa shape index (κ3) is 6.14. The number of pyridine rings is 2. The van der Waals surface area contributed by atoms with E-state index in [1.807, 2.05) is 48.5 Å². The first-order chi connectivity index (χ1) is 20.0. The number of ether oxygens (including phenoxy) is 1. The average Bonchev–Trinajstić information content (AvgIpc) is 3.43. The predicted octanol–water partition coefficient (Wildman–Crippen LogP) is 4.32. The second-order valence-electron chi connectivity index (χ2n) is 10.2. The summed E-state index contributed by atoms with van der Waals surface area (Å²) in [5, 5.41) is 0. The Morgan fingerprint density at radius 1 is 0.878 bits per heavy atom. The maximum absolute atomic E-state index is 13.3. The zero-order valence-electron chi connectivity index (χ0n) is 22.9. The van der Waals surface area contributed by atoms with Crippen LogP contribution in [0.3, 0.4) is 0 Å². The molecule has 1 N–H and O–H groups in total. The topological polar surface area (TPSA) is 104 Å². The molecular formula is C31H32N6O3S. The smallest absolute Gasteiger partial charge is 0.243 e. The maximum atomic E-state index is 13.3. The first-order valence-electron chi connectivity index (χ1n) is 13.7. The van der Waals surface area contributed by atoms with Crippen molar-refractivity contribution in [2.45, 2.75) is 24.3 Å². The van der Waals surface area contributed by atoms with Crippen LogP contribution in [0.1, 0.15) is 17.1 Å². The first-order valence-corrected chi connectivity index (χ1v) is 15.1. The minimum Gasteiger partial charge on any atom is -0.497 e. The van der Waals surface area contributed by atoms with E-state index in [-0.39, 0.29) is 0 Å². The Balaban J connectivity index is 1.10. The highest BCUT2D eigenvalue weighted by molar-refractivity contribution is 7.89. The van der Waals surface area contributed by atoms with Gasteiger partial charge in [-0.05, 0) is 41.8 Å². The lowest BCUT2D eigenvalue weighted by atomic mass is 10.1. The number of piperazine rings is 1. The van der Waals surface area contributed by atoms with Crippen molar-refractivity contribution in [1.29, 1.82) is 0 Å². The van der Waals surface area contributed by atoms with Crippen molar-refractivity contribution in [3.05, 3.63) is 102 Å². The van der Waals surface area contributed by atoms with Crippen molar-refractivity contribution < 1.29 is 13.2 Å². The van der Waals surface area contributed by atoms with Gasteiger partial charge in [0.1, 0.15) is 11.6 Å². The van der Waals surface area contributed by atoms with E-state index in [9.17, 15) is 8.42 Å². The summed E-state index contributed by atoms with van der Waals surface area (Å²) in [4.78, 5) is 19.5. The number of imidazole rings is 1. The molecule has 5 aromatic rings. The van der Waals surface area contributed by atoms with E-state index in [2.05, 4.69) is 37.0 Å². The SMILES string of the molecule is COc1ccnc(CCc2nc3ncc(-c4ccc(S(=O)(=O)N5CCN(Cc6ccccc6)CC5)cc4)cc3[nH]2)c1. The Morgan fingerprint density at radius 3 is 2.41 bits per heavy atom. The van der Waals surface area contributed by atoms with E-state index >= 15 is 0 Å². The molecule has 4 heterocycles. The molecule has 0 amide bonds. The van der Waals surface area contributed by atoms with Gasteiger partial charge in [-0.25, -0.2) is 18.4 Å². The quantitative estimate of drug-likeness (QED) is 0.282. The number of aromatic nitrogens is 4. The Kier molecular flexibility index (Phi) is 7.78. The number of nitrogens with zero attached hydrogens (tertiary/aromatic N) is 5. The molecule has 0 aliphatic carbocycles. The van der Waals surface area contributed by atoms with Gasteiger partial charge >= 0.3 is 0 Å². The third-order valence-electron chi connectivity index (χ3n) is 7.43. The molecule has 3 aromatic heterocycles. The summed E-state index contributed by atoms with van der Waals surface area (Å²) in [6.45, 7) is 3.21. The second-order valence-corrected chi connectivity index (χ2v) is 12.1. The standard InChI is InChI=1S/C31H32N6O3S/c1-40-27-13-14-32-26(20-27)9-12-30-34-29-19-25(21-33-31(29)35-30)24-7-10-28(11-8-24)41(38,39)37-17-15-36(16-18-37)22-23-5-3-2-4-6-23/h2-8,10-11,13-14,19-21H,9,12,15-18,22H2,1H3,(H,33,34,35). The average molecular weight is 569 g/mol. The van der Waals surface area contributed by atoms with Crippen LogP contribution >= 0.6 is 0 Å². The summed E-state index contributed by atoms with van der Waals surface area (Å²) in [6, 6.07) is 23.1. The van der Waals surface area contributed by atoms with Gasteiger partial charge in [0.05, 0.1) is 17.5 Å². The molecule has 1 aliphatic rings. The fraction of sp³-hybridized carbons (Fsp3) is 0.258. The van der Waals surface area contributed by atoms with E-state index in [0.29, 0.717) is 43.1 Å². The summed E-state index contributed by atoms with van der Waals surface area (Å²) < 4.78 is 33.6. The number of hydrogen-bond acceptors (Lipinski definition) is 7. The number of methoxy groups -OCH3 is 1. The lowest BCUT2D eigenvalue weighted by Gasteiger charge is -2.34. The van der Waals surface area contributed by atoms with Gasteiger partial charge in [-0.15, -0.1) is 0 Å². The van der Waals surface area contributed by atoms with Crippen LogP contribution in [0.15, 0.2) is 90.1 Å². The number of aromatic amines is 1. The van der Waals surface area contributed by atoms with Crippen molar-refractivity contribution >= 4 is 21.2 Å². The predicted molar refractivity (Wildman–Crippen MR) is 158 cm³/mol. The number of aryl methyl sites for hydroxylation is 2. The minimum atomic E-state index is -3.56. The summed E-state index contributed by atoms with van der Waals surface area (Å²) in [7, 11) is -1.92. The molecular weight excluding hydrogens is 536 g/mol. The third-order valence-corrected chi connectivity index (χ3v) is 9.35.